The number of likely N-dealkylation sites (tertiary alicyclic amines) is 1. The van der Waals surface area contributed by atoms with Crippen LogP contribution in [0, 0.1) is 23.2 Å². The Bertz CT molecular complexity index is 1040. The molecule has 1 aliphatic heterocycles. The minimum Gasteiger partial charge on any atom is -0.330 e. The number of amides is 2. The summed E-state index contributed by atoms with van der Waals surface area (Å²) < 4.78 is 1.88. The summed E-state index contributed by atoms with van der Waals surface area (Å²) in [5.41, 5.74) is 1.29. The molecular weight excluding hydrogens is 402 g/mol. The van der Waals surface area contributed by atoms with Gasteiger partial charge < -0.3 is 10.2 Å². The Balaban J connectivity index is 1.19. The number of carbonyl (C=O) groups is 2. The van der Waals surface area contributed by atoms with Gasteiger partial charge in [-0.25, -0.2) is 9.67 Å². The zero-order valence-electron chi connectivity index (χ0n) is 19.1. The van der Waals surface area contributed by atoms with Crippen LogP contribution in [-0.2, 0) is 9.59 Å². The lowest BCUT2D eigenvalue weighted by atomic mass is 9.49. The second-order valence-electron chi connectivity index (χ2n) is 11.2. The van der Waals surface area contributed by atoms with Crippen molar-refractivity contribution in [2.24, 2.45) is 23.2 Å². The molecule has 1 atom stereocenters. The molecule has 0 unspecified atom stereocenters. The molecule has 1 N–H and O–H groups in total. The molecule has 4 bridgehead atoms. The first-order valence-corrected chi connectivity index (χ1v) is 12.4. The predicted molar refractivity (Wildman–Crippen MR) is 122 cm³/mol. The minimum atomic E-state index is -0.371. The Hall–Kier alpha value is -2.44. The van der Waals surface area contributed by atoms with Gasteiger partial charge in [-0.3, -0.25) is 9.59 Å². The molecule has 0 radical (unpaired) electrons. The maximum atomic E-state index is 13.8. The molecule has 5 aliphatic rings. The summed E-state index contributed by atoms with van der Waals surface area (Å²) >= 11 is 0. The van der Waals surface area contributed by atoms with E-state index in [4.69, 9.17) is 0 Å². The number of carbonyl (C=O) groups excluding carboxylic acids is 2. The molecule has 0 aromatic carbocycles. The average Bonchev–Trinajstić information content (AvgIpc) is 3.39. The summed E-state index contributed by atoms with van der Waals surface area (Å²) in [6.07, 6.45) is 12.2. The fourth-order valence-electron chi connectivity index (χ4n) is 7.57. The minimum absolute atomic E-state index is 0.0852. The van der Waals surface area contributed by atoms with Crippen molar-refractivity contribution in [3.63, 3.8) is 0 Å². The van der Waals surface area contributed by atoms with Gasteiger partial charge in [-0.15, -0.1) is 0 Å². The zero-order chi connectivity index (χ0) is 22.0. The highest BCUT2D eigenvalue weighted by Crippen LogP contribution is 2.60. The summed E-state index contributed by atoms with van der Waals surface area (Å²) in [4.78, 5) is 33.5. The van der Waals surface area contributed by atoms with E-state index < -0.39 is 0 Å². The van der Waals surface area contributed by atoms with Crippen molar-refractivity contribution in [2.45, 2.75) is 77.3 Å². The van der Waals surface area contributed by atoms with Gasteiger partial charge in [0.2, 0.25) is 11.8 Å². The second-order valence-corrected chi connectivity index (χ2v) is 11.2. The Kier molecular flexibility index (Phi) is 4.60. The van der Waals surface area contributed by atoms with E-state index in [9.17, 15) is 9.59 Å². The van der Waals surface area contributed by atoms with E-state index in [1.165, 1.54) is 19.3 Å². The van der Waals surface area contributed by atoms with E-state index in [2.05, 4.69) is 29.2 Å². The summed E-state index contributed by atoms with van der Waals surface area (Å²) in [6.45, 7) is 4.84. The highest BCUT2D eigenvalue weighted by molar-refractivity contribution is 5.99. The van der Waals surface area contributed by atoms with E-state index in [0.717, 1.165) is 60.9 Å². The first-order valence-electron chi connectivity index (χ1n) is 12.4. The smallest absolute Gasteiger partial charge is 0.247 e. The maximum absolute atomic E-state index is 13.8. The van der Waals surface area contributed by atoms with E-state index >= 15 is 0 Å². The number of nitrogens with one attached hydrogen (secondary N) is 1. The number of anilines is 1. The lowest BCUT2D eigenvalue weighted by molar-refractivity contribution is -0.160. The molecule has 4 aliphatic carbocycles. The highest BCUT2D eigenvalue weighted by Gasteiger charge is 2.56. The van der Waals surface area contributed by atoms with Crippen molar-refractivity contribution in [1.29, 1.82) is 0 Å². The van der Waals surface area contributed by atoms with Crippen molar-refractivity contribution < 1.29 is 9.59 Å². The van der Waals surface area contributed by atoms with Gasteiger partial charge in [-0.2, -0.15) is 5.10 Å². The molecular formula is C25H33N5O2. The van der Waals surface area contributed by atoms with Crippen molar-refractivity contribution in [3.05, 3.63) is 18.5 Å². The summed E-state index contributed by atoms with van der Waals surface area (Å²) in [7, 11) is 0. The molecule has 170 valence electrons. The van der Waals surface area contributed by atoms with Gasteiger partial charge in [0.15, 0.2) is 5.65 Å². The molecule has 2 aromatic rings. The van der Waals surface area contributed by atoms with Crippen LogP contribution in [0.2, 0.25) is 0 Å². The lowest BCUT2D eigenvalue weighted by Crippen LogP contribution is -2.56. The van der Waals surface area contributed by atoms with Crippen molar-refractivity contribution >= 4 is 28.5 Å². The first kappa shape index (κ1) is 20.2. The van der Waals surface area contributed by atoms with E-state index in [1.54, 1.807) is 12.4 Å². The quantitative estimate of drug-likeness (QED) is 0.782. The van der Waals surface area contributed by atoms with Gasteiger partial charge >= 0.3 is 0 Å². The maximum Gasteiger partial charge on any atom is 0.247 e. The predicted octanol–water partition coefficient (Wildman–Crippen LogP) is 4.16. The standard InChI is InChI=1S/C25H33N5O2/c1-15(2)30-22-19(13-27-30)9-20(14-26-22)28-23(31)21-4-3-5-29(21)24(32)25-10-16-6-17(11-25)8-18(7-16)12-25/h9,13-18,21H,3-8,10-12H2,1-2H3,(H,28,31)/t16?,17?,18?,21-,25?/m0/s1. The summed E-state index contributed by atoms with van der Waals surface area (Å²) in [5, 5.41) is 8.35. The third-order valence-corrected chi connectivity index (χ3v) is 8.50. The number of pyridine rings is 1. The summed E-state index contributed by atoms with van der Waals surface area (Å²) in [5.74, 6) is 2.36. The Labute approximate surface area is 188 Å². The van der Waals surface area contributed by atoms with Crippen molar-refractivity contribution in [2.75, 3.05) is 11.9 Å². The largest absolute Gasteiger partial charge is 0.330 e. The molecule has 4 saturated carbocycles. The van der Waals surface area contributed by atoms with Crippen LogP contribution in [0.25, 0.3) is 11.0 Å². The number of hydrogen-bond acceptors (Lipinski definition) is 4. The molecule has 7 nitrogen and oxygen atoms in total. The van der Waals surface area contributed by atoms with Crippen LogP contribution >= 0.6 is 0 Å². The SMILES string of the molecule is CC(C)n1ncc2cc(NC(=O)[C@@H]3CCCN3C(=O)C34CC5CC(CC(C5)C3)C4)cnc21. The molecule has 3 heterocycles. The molecule has 2 aromatic heterocycles. The Morgan fingerprint density at radius 1 is 1.09 bits per heavy atom. The number of rotatable bonds is 4. The van der Waals surface area contributed by atoms with E-state index in [0.29, 0.717) is 12.2 Å². The van der Waals surface area contributed by atoms with Gasteiger partial charge in [-0.05, 0) is 89.0 Å². The van der Waals surface area contributed by atoms with Crippen LogP contribution < -0.4 is 5.32 Å². The van der Waals surface area contributed by atoms with Crippen LogP contribution in [0.4, 0.5) is 5.69 Å². The number of aromatic nitrogens is 3. The van der Waals surface area contributed by atoms with Gasteiger partial charge in [0.1, 0.15) is 6.04 Å². The Morgan fingerprint density at radius 2 is 1.78 bits per heavy atom. The monoisotopic (exact) mass is 435 g/mol. The fraction of sp³-hybridized carbons (Fsp3) is 0.680. The van der Waals surface area contributed by atoms with Gasteiger partial charge in [0.05, 0.1) is 23.5 Å². The molecule has 5 fully saturated rings. The van der Waals surface area contributed by atoms with E-state index in [-0.39, 0.29) is 29.3 Å². The zero-order valence-corrected chi connectivity index (χ0v) is 19.1. The molecule has 1 saturated heterocycles. The lowest BCUT2D eigenvalue weighted by Gasteiger charge is -2.56. The highest BCUT2D eigenvalue weighted by atomic mass is 16.2. The average molecular weight is 436 g/mol. The van der Waals surface area contributed by atoms with Crippen LogP contribution in [-0.4, -0.2) is 44.1 Å². The normalized spacial score (nSPS) is 33.4. The number of hydrogen-bond donors (Lipinski definition) is 1. The fourth-order valence-corrected chi connectivity index (χ4v) is 7.57. The van der Waals surface area contributed by atoms with Crippen LogP contribution in [0.15, 0.2) is 18.5 Å². The number of nitrogens with zero attached hydrogens (tertiary/aromatic N) is 4. The van der Waals surface area contributed by atoms with Gasteiger partial charge in [-0.1, -0.05) is 0 Å². The van der Waals surface area contributed by atoms with Crippen molar-refractivity contribution in [1.82, 2.24) is 19.7 Å². The van der Waals surface area contributed by atoms with Crippen molar-refractivity contribution in [3.8, 4) is 0 Å². The van der Waals surface area contributed by atoms with E-state index in [1.807, 2.05) is 15.6 Å². The second kappa shape index (κ2) is 7.29. The molecule has 32 heavy (non-hydrogen) atoms. The third kappa shape index (κ3) is 3.15. The number of fused-ring (bicyclic) bond motifs is 1. The van der Waals surface area contributed by atoms with Gasteiger partial charge in [0, 0.05) is 18.0 Å². The van der Waals surface area contributed by atoms with Crippen LogP contribution in [0.1, 0.15) is 71.3 Å². The first-order chi connectivity index (χ1) is 15.4. The topological polar surface area (TPSA) is 80.1 Å². The van der Waals surface area contributed by atoms with Crippen LogP contribution in [0.5, 0.6) is 0 Å². The third-order valence-electron chi connectivity index (χ3n) is 8.50. The molecule has 0 spiro atoms. The van der Waals surface area contributed by atoms with Crippen LogP contribution in [0.3, 0.4) is 0 Å². The Morgan fingerprint density at radius 3 is 2.44 bits per heavy atom. The summed E-state index contributed by atoms with van der Waals surface area (Å²) in [6, 6.07) is 1.78. The molecule has 7 rings (SSSR count). The molecule has 2 amide bonds. The molecule has 7 heteroatoms. The van der Waals surface area contributed by atoms with Gasteiger partial charge in [0.25, 0.3) is 0 Å².